The maximum absolute atomic E-state index is 5.76. The Balaban J connectivity index is 0.00000162. The zero-order valence-electron chi connectivity index (χ0n) is 10.2. The molecule has 0 spiro atoms. The Labute approximate surface area is 116 Å². The van der Waals surface area contributed by atoms with Crippen LogP contribution in [0, 0.1) is 0 Å². The third-order valence-electron chi connectivity index (χ3n) is 2.20. The van der Waals surface area contributed by atoms with Crippen molar-refractivity contribution >= 4 is 23.9 Å². The first-order valence-electron chi connectivity index (χ1n) is 5.24. The van der Waals surface area contributed by atoms with Gasteiger partial charge in [-0.05, 0) is 30.6 Å². The van der Waals surface area contributed by atoms with Crippen molar-refractivity contribution in [2.45, 2.75) is 19.6 Å². The van der Waals surface area contributed by atoms with Crippen LogP contribution in [0.25, 0.3) is 11.4 Å². The number of methoxy groups -OCH3 is 1. The van der Waals surface area contributed by atoms with Crippen molar-refractivity contribution in [2.24, 2.45) is 5.73 Å². The first-order chi connectivity index (χ1) is 8.20. The number of hydrogen-bond acceptors (Lipinski definition) is 6. The Hall–Kier alpha value is -1.08. The number of hydrogen-bond donors (Lipinski definition) is 1. The minimum Gasteiger partial charge on any atom is -0.378 e. The molecule has 0 radical (unpaired) electrons. The van der Waals surface area contributed by atoms with E-state index < -0.39 is 0 Å². The monoisotopic (exact) mass is 286 g/mol. The van der Waals surface area contributed by atoms with Crippen molar-refractivity contribution in [3.8, 4) is 11.4 Å². The molecule has 0 unspecified atom stereocenters. The zero-order valence-corrected chi connectivity index (χ0v) is 11.8. The summed E-state index contributed by atoms with van der Waals surface area (Å²) in [4.78, 5) is 8.59. The molecule has 2 aromatic rings. The minimum atomic E-state index is -0.0819. The number of nitrogens with two attached hydrogens (primary N) is 1. The minimum absolute atomic E-state index is 0. The molecule has 2 N–H and O–H groups in total. The van der Waals surface area contributed by atoms with E-state index in [1.807, 2.05) is 19.1 Å². The summed E-state index contributed by atoms with van der Waals surface area (Å²) >= 11 is 1.33. The number of pyridine rings is 1. The summed E-state index contributed by atoms with van der Waals surface area (Å²) in [5, 5.41) is 0.838. The van der Waals surface area contributed by atoms with Gasteiger partial charge < -0.3 is 10.5 Å². The fourth-order valence-corrected chi connectivity index (χ4v) is 2.00. The van der Waals surface area contributed by atoms with Gasteiger partial charge in [0.1, 0.15) is 5.01 Å². The quantitative estimate of drug-likeness (QED) is 0.932. The highest BCUT2D eigenvalue weighted by Gasteiger charge is 2.10. The summed E-state index contributed by atoms with van der Waals surface area (Å²) in [6.07, 6.45) is 1.73. The van der Waals surface area contributed by atoms with Crippen LogP contribution in [0.15, 0.2) is 18.3 Å². The number of nitrogens with zero attached hydrogens (tertiary/aromatic N) is 3. The molecular weight excluding hydrogens is 272 g/mol. The molecule has 5 nitrogen and oxygen atoms in total. The fraction of sp³-hybridized carbons (Fsp3) is 0.364. The topological polar surface area (TPSA) is 73.9 Å². The van der Waals surface area contributed by atoms with Crippen LogP contribution in [0.3, 0.4) is 0 Å². The Kier molecular flexibility index (Phi) is 5.61. The van der Waals surface area contributed by atoms with E-state index in [0.717, 1.165) is 16.3 Å². The molecule has 0 bridgehead atoms. The van der Waals surface area contributed by atoms with Crippen molar-refractivity contribution in [2.75, 3.05) is 7.11 Å². The Morgan fingerprint density at radius 3 is 2.89 bits per heavy atom. The van der Waals surface area contributed by atoms with Crippen LogP contribution >= 0.6 is 23.9 Å². The summed E-state index contributed by atoms with van der Waals surface area (Å²) in [7, 11) is 1.64. The van der Waals surface area contributed by atoms with Gasteiger partial charge >= 0.3 is 0 Å². The van der Waals surface area contributed by atoms with Gasteiger partial charge in [0.2, 0.25) is 0 Å². The molecule has 0 aromatic carbocycles. The first-order valence-corrected chi connectivity index (χ1v) is 6.01. The standard InChI is InChI=1S/C11H14N4OS.ClH/c1-7(12)11-14-10(15-17-11)8-3-4-13-9(5-8)6-16-2;/h3-5,7H,6,12H2,1-2H3;1H/t7-;/m1./s1. The molecule has 0 fully saturated rings. The Morgan fingerprint density at radius 1 is 1.50 bits per heavy atom. The van der Waals surface area contributed by atoms with Crippen LogP contribution in [0.5, 0.6) is 0 Å². The Morgan fingerprint density at radius 2 is 2.28 bits per heavy atom. The van der Waals surface area contributed by atoms with E-state index in [-0.39, 0.29) is 18.4 Å². The second-order valence-electron chi connectivity index (χ2n) is 3.71. The molecule has 2 rings (SSSR count). The lowest BCUT2D eigenvalue weighted by molar-refractivity contribution is 0.181. The summed E-state index contributed by atoms with van der Waals surface area (Å²) < 4.78 is 9.33. The van der Waals surface area contributed by atoms with Gasteiger partial charge in [0.15, 0.2) is 5.82 Å². The van der Waals surface area contributed by atoms with Crippen LogP contribution in [-0.2, 0) is 11.3 Å². The van der Waals surface area contributed by atoms with E-state index in [2.05, 4.69) is 14.3 Å². The molecule has 98 valence electrons. The lowest BCUT2D eigenvalue weighted by atomic mass is 10.2. The normalized spacial score (nSPS) is 11.9. The van der Waals surface area contributed by atoms with Gasteiger partial charge in [-0.15, -0.1) is 12.4 Å². The molecule has 7 heteroatoms. The predicted octanol–water partition coefficient (Wildman–Crippen LogP) is 2.19. The van der Waals surface area contributed by atoms with Gasteiger partial charge in [-0.25, -0.2) is 4.98 Å². The molecule has 2 aromatic heterocycles. The molecule has 0 aliphatic heterocycles. The van der Waals surface area contributed by atoms with E-state index in [4.69, 9.17) is 10.5 Å². The first kappa shape index (κ1) is 15.0. The molecule has 0 saturated carbocycles. The van der Waals surface area contributed by atoms with Gasteiger partial charge in [0, 0.05) is 18.9 Å². The number of rotatable bonds is 4. The molecule has 18 heavy (non-hydrogen) atoms. The molecule has 0 aliphatic carbocycles. The number of halogens is 1. The summed E-state index contributed by atoms with van der Waals surface area (Å²) in [5.41, 5.74) is 7.56. The van der Waals surface area contributed by atoms with Crippen LogP contribution in [0.4, 0.5) is 0 Å². The van der Waals surface area contributed by atoms with E-state index in [1.54, 1.807) is 13.3 Å². The van der Waals surface area contributed by atoms with Crippen molar-refractivity contribution in [3.05, 3.63) is 29.0 Å². The molecule has 0 amide bonds. The number of ether oxygens (including phenoxy) is 1. The van der Waals surface area contributed by atoms with Gasteiger partial charge in [-0.3, -0.25) is 4.98 Å². The molecular formula is C11H15ClN4OS. The summed E-state index contributed by atoms with van der Waals surface area (Å²) in [5.74, 6) is 0.696. The molecule has 1 atom stereocenters. The van der Waals surface area contributed by atoms with E-state index in [1.165, 1.54) is 11.5 Å². The van der Waals surface area contributed by atoms with Gasteiger partial charge in [0.05, 0.1) is 18.3 Å². The lowest BCUT2D eigenvalue weighted by Crippen LogP contribution is -2.03. The maximum atomic E-state index is 5.76. The van der Waals surface area contributed by atoms with E-state index in [0.29, 0.717) is 12.4 Å². The van der Waals surface area contributed by atoms with Crippen LogP contribution in [0.2, 0.25) is 0 Å². The third-order valence-corrected chi connectivity index (χ3v) is 3.11. The zero-order chi connectivity index (χ0) is 12.3. The van der Waals surface area contributed by atoms with Crippen LogP contribution < -0.4 is 5.73 Å². The second-order valence-corrected chi connectivity index (χ2v) is 4.50. The highest BCUT2D eigenvalue weighted by Crippen LogP contribution is 2.21. The van der Waals surface area contributed by atoms with Gasteiger partial charge in [-0.1, -0.05) is 0 Å². The lowest BCUT2D eigenvalue weighted by Gasteiger charge is -2.00. The van der Waals surface area contributed by atoms with Gasteiger partial charge in [0.25, 0.3) is 0 Å². The van der Waals surface area contributed by atoms with Crippen molar-refractivity contribution < 1.29 is 4.74 Å². The smallest absolute Gasteiger partial charge is 0.173 e. The molecule has 0 aliphatic rings. The van der Waals surface area contributed by atoms with Crippen LogP contribution in [-0.4, -0.2) is 21.5 Å². The summed E-state index contributed by atoms with van der Waals surface area (Å²) in [6.45, 7) is 2.38. The molecule has 2 heterocycles. The van der Waals surface area contributed by atoms with E-state index in [9.17, 15) is 0 Å². The Bertz CT molecular complexity index is 503. The molecule has 0 saturated heterocycles. The SMILES string of the molecule is COCc1cc(-c2nsc([C@@H](C)N)n2)ccn1.Cl. The van der Waals surface area contributed by atoms with E-state index >= 15 is 0 Å². The van der Waals surface area contributed by atoms with Crippen LogP contribution in [0.1, 0.15) is 23.7 Å². The summed E-state index contributed by atoms with van der Waals surface area (Å²) in [6, 6.07) is 3.73. The van der Waals surface area contributed by atoms with Crippen molar-refractivity contribution in [1.82, 2.24) is 14.3 Å². The largest absolute Gasteiger partial charge is 0.378 e. The van der Waals surface area contributed by atoms with Crippen molar-refractivity contribution in [3.63, 3.8) is 0 Å². The second kappa shape index (κ2) is 6.75. The maximum Gasteiger partial charge on any atom is 0.173 e. The number of aromatic nitrogens is 3. The average molecular weight is 287 g/mol. The highest BCUT2D eigenvalue weighted by molar-refractivity contribution is 7.05. The predicted molar refractivity (Wildman–Crippen MR) is 73.7 cm³/mol. The van der Waals surface area contributed by atoms with Crippen molar-refractivity contribution in [1.29, 1.82) is 0 Å². The highest BCUT2D eigenvalue weighted by atomic mass is 35.5. The third kappa shape index (κ3) is 3.46. The van der Waals surface area contributed by atoms with Gasteiger partial charge in [-0.2, -0.15) is 4.37 Å². The average Bonchev–Trinajstić information content (AvgIpc) is 2.79. The fourth-order valence-electron chi connectivity index (χ4n) is 1.38.